The molecule has 0 spiro atoms. The van der Waals surface area contributed by atoms with Crippen LogP contribution in [-0.4, -0.2) is 29.2 Å². The van der Waals surface area contributed by atoms with Crippen molar-refractivity contribution in [2.24, 2.45) is 0 Å². The van der Waals surface area contributed by atoms with Crippen molar-refractivity contribution in [2.75, 3.05) is 13.2 Å². The van der Waals surface area contributed by atoms with Crippen LogP contribution in [0.3, 0.4) is 0 Å². The molecule has 166 valence electrons. The van der Waals surface area contributed by atoms with Crippen LogP contribution < -0.4 is 0 Å². The molecular formula is C24H36NO4P. The molecule has 0 bridgehead atoms. The van der Waals surface area contributed by atoms with Crippen molar-refractivity contribution in [3.63, 3.8) is 0 Å². The van der Waals surface area contributed by atoms with E-state index < -0.39 is 7.60 Å². The molecule has 0 amide bonds. The summed E-state index contributed by atoms with van der Waals surface area (Å²) in [5, 5.41) is 0. The standard InChI is InChI=1S/C24H36NO4P/c1-4-28-30(27,29-5-2)23(18-17-22-13-8-6-9-14-22)15-10-7-11-19-25-20-12-16-24(25)21(3)26/h6,8-9,12-14,16,20,23H,4-5,7,10-11,15,17-19H2,1-3H3/t23-/m0/s1. The Morgan fingerprint density at radius 2 is 1.67 bits per heavy atom. The summed E-state index contributed by atoms with van der Waals surface area (Å²) in [5.74, 6) is 0.0929. The zero-order chi connectivity index (χ0) is 21.8. The summed E-state index contributed by atoms with van der Waals surface area (Å²) in [7, 11) is -3.13. The van der Waals surface area contributed by atoms with E-state index in [1.54, 1.807) is 6.92 Å². The van der Waals surface area contributed by atoms with Gasteiger partial charge in [-0.1, -0.05) is 43.2 Å². The molecule has 0 aliphatic rings. The highest BCUT2D eigenvalue weighted by Crippen LogP contribution is 2.56. The van der Waals surface area contributed by atoms with Gasteiger partial charge in [-0.3, -0.25) is 9.36 Å². The molecule has 1 heterocycles. The number of ketones is 1. The van der Waals surface area contributed by atoms with E-state index in [4.69, 9.17) is 9.05 Å². The number of carbonyl (C=O) groups excluding carboxylic acids is 1. The summed E-state index contributed by atoms with van der Waals surface area (Å²) in [5.41, 5.74) is 1.90. The number of carbonyl (C=O) groups is 1. The van der Waals surface area contributed by atoms with Gasteiger partial charge in [-0.15, -0.1) is 0 Å². The maximum absolute atomic E-state index is 13.4. The van der Waals surface area contributed by atoms with Gasteiger partial charge in [0.15, 0.2) is 5.78 Å². The number of nitrogens with zero attached hydrogens (tertiary/aromatic N) is 1. The fraction of sp³-hybridized carbons (Fsp3) is 0.542. The fourth-order valence-corrected chi connectivity index (χ4v) is 5.97. The van der Waals surface area contributed by atoms with Crippen molar-refractivity contribution >= 4 is 13.4 Å². The molecule has 0 aliphatic heterocycles. The van der Waals surface area contributed by atoms with E-state index in [1.807, 2.05) is 54.9 Å². The minimum Gasteiger partial charge on any atom is -0.345 e. The van der Waals surface area contributed by atoms with Crippen LogP contribution in [0.1, 0.15) is 68.9 Å². The Balaban J connectivity index is 1.92. The van der Waals surface area contributed by atoms with Crippen molar-refractivity contribution in [1.29, 1.82) is 0 Å². The zero-order valence-corrected chi connectivity index (χ0v) is 19.5. The van der Waals surface area contributed by atoms with Crippen LogP contribution in [0.5, 0.6) is 0 Å². The molecule has 0 saturated carbocycles. The largest absolute Gasteiger partial charge is 0.345 e. The molecule has 0 fully saturated rings. The first-order valence-corrected chi connectivity index (χ1v) is 12.7. The first-order valence-electron chi connectivity index (χ1n) is 11.1. The van der Waals surface area contributed by atoms with Gasteiger partial charge in [0.05, 0.1) is 24.6 Å². The Bertz CT molecular complexity index is 793. The van der Waals surface area contributed by atoms with Gasteiger partial charge in [0.25, 0.3) is 0 Å². The van der Waals surface area contributed by atoms with Gasteiger partial charge in [0.2, 0.25) is 0 Å². The van der Waals surface area contributed by atoms with Gasteiger partial charge >= 0.3 is 7.60 Å². The smallest absolute Gasteiger partial charge is 0.333 e. The van der Waals surface area contributed by atoms with Crippen molar-refractivity contribution in [3.05, 3.63) is 59.9 Å². The van der Waals surface area contributed by atoms with Crippen molar-refractivity contribution in [1.82, 2.24) is 4.57 Å². The van der Waals surface area contributed by atoms with Gasteiger partial charge in [-0.25, -0.2) is 0 Å². The lowest BCUT2D eigenvalue weighted by molar-refractivity contribution is 0.100. The molecule has 6 heteroatoms. The second-order valence-corrected chi connectivity index (χ2v) is 9.87. The van der Waals surface area contributed by atoms with Crippen LogP contribution in [0.4, 0.5) is 0 Å². The maximum Gasteiger partial charge on any atom is 0.333 e. The van der Waals surface area contributed by atoms with Crippen LogP contribution in [0.15, 0.2) is 48.7 Å². The Morgan fingerprint density at radius 1 is 0.967 bits per heavy atom. The lowest BCUT2D eigenvalue weighted by atomic mass is 10.0. The molecule has 2 rings (SSSR count). The number of unbranched alkanes of at least 4 members (excludes halogenated alkanes) is 2. The molecule has 0 unspecified atom stereocenters. The number of aromatic nitrogens is 1. The van der Waals surface area contributed by atoms with Gasteiger partial charge in [-0.05, 0) is 57.2 Å². The summed E-state index contributed by atoms with van der Waals surface area (Å²) < 4.78 is 26.8. The number of rotatable bonds is 15. The molecule has 0 aliphatic carbocycles. The van der Waals surface area contributed by atoms with Crippen LogP contribution in [0.2, 0.25) is 0 Å². The number of hydrogen-bond acceptors (Lipinski definition) is 4. The molecular weight excluding hydrogens is 397 g/mol. The molecule has 0 N–H and O–H groups in total. The molecule has 1 aromatic heterocycles. The van der Waals surface area contributed by atoms with Gasteiger partial charge in [-0.2, -0.15) is 0 Å². The van der Waals surface area contributed by atoms with Gasteiger partial charge in [0, 0.05) is 19.7 Å². The Hall–Kier alpha value is -1.68. The lowest BCUT2D eigenvalue weighted by Crippen LogP contribution is -2.15. The summed E-state index contributed by atoms with van der Waals surface area (Å²) >= 11 is 0. The third-order valence-electron chi connectivity index (χ3n) is 5.30. The van der Waals surface area contributed by atoms with E-state index in [2.05, 4.69) is 12.1 Å². The first kappa shape index (κ1) is 24.6. The molecule has 30 heavy (non-hydrogen) atoms. The van der Waals surface area contributed by atoms with Crippen LogP contribution >= 0.6 is 7.60 Å². The second kappa shape index (κ2) is 12.9. The van der Waals surface area contributed by atoms with Crippen LogP contribution in [0, 0.1) is 0 Å². The molecule has 5 nitrogen and oxygen atoms in total. The molecule has 2 aromatic rings. The molecule has 1 atom stereocenters. The van der Waals surface area contributed by atoms with E-state index in [0.717, 1.165) is 50.8 Å². The van der Waals surface area contributed by atoms with Crippen LogP contribution in [-0.2, 0) is 26.6 Å². The number of hydrogen-bond donors (Lipinski definition) is 0. The highest BCUT2D eigenvalue weighted by Gasteiger charge is 2.34. The molecule has 1 aromatic carbocycles. The Kier molecular flexibility index (Phi) is 10.6. The fourth-order valence-electron chi connectivity index (χ4n) is 3.81. The summed E-state index contributed by atoms with van der Waals surface area (Å²) in [6.45, 7) is 6.93. The van der Waals surface area contributed by atoms with Crippen molar-refractivity contribution < 1.29 is 18.4 Å². The van der Waals surface area contributed by atoms with E-state index in [0.29, 0.717) is 13.2 Å². The van der Waals surface area contributed by atoms with E-state index >= 15 is 0 Å². The number of Topliss-reactive ketones (excluding diaryl/α,β-unsaturated/α-hetero) is 1. The Morgan fingerprint density at radius 3 is 2.30 bits per heavy atom. The first-order chi connectivity index (χ1) is 14.5. The third-order valence-corrected chi connectivity index (χ3v) is 7.95. The minimum atomic E-state index is -3.13. The quantitative estimate of drug-likeness (QED) is 0.182. The predicted molar refractivity (Wildman–Crippen MR) is 122 cm³/mol. The lowest BCUT2D eigenvalue weighted by Gasteiger charge is -2.26. The van der Waals surface area contributed by atoms with Crippen LogP contribution in [0.25, 0.3) is 0 Å². The Labute approximate surface area is 181 Å². The third kappa shape index (κ3) is 7.54. The number of aryl methyl sites for hydroxylation is 2. The summed E-state index contributed by atoms with van der Waals surface area (Å²) in [6, 6.07) is 14.1. The summed E-state index contributed by atoms with van der Waals surface area (Å²) in [4.78, 5) is 11.6. The highest BCUT2D eigenvalue weighted by molar-refractivity contribution is 7.54. The SMILES string of the molecule is CCOP(=O)(OCC)[C@@H](CCCCCn1cccc1C(C)=O)CCc1ccccc1. The average molecular weight is 434 g/mol. The minimum absolute atomic E-state index is 0.0929. The van der Waals surface area contributed by atoms with E-state index in [1.165, 1.54) is 5.56 Å². The normalized spacial score (nSPS) is 12.8. The number of benzene rings is 1. The van der Waals surface area contributed by atoms with Gasteiger partial charge < -0.3 is 13.6 Å². The topological polar surface area (TPSA) is 57.5 Å². The molecule has 0 radical (unpaired) electrons. The van der Waals surface area contributed by atoms with Crippen molar-refractivity contribution in [3.8, 4) is 0 Å². The van der Waals surface area contributed by atoms with E-state index in [9.17, 15) is 9.36 Å². The van der Waals surface area contributed by atoms with E-state index in [-0.39, 0.29) is 11.4 Å². The monoisotopic (exact) mass is 433 g/mol. The maximum atomic E-state index is 13.4. The predicted octanol–water partition coefficient (Wildman–Crippen LogP) is 6.52. The summed E-state index contributed by atoms with van der Waals surface area (Å²) in [6.07, 6.45) is 7.37. The zero-order valence-electron chi connectivity index (χ0n) is 18.6. The molecule has 0 saturated heterocycles. The van der Waals surface area contributed by atoms with Crippen molar-refractivity contribution in [2.45, 2.75) is 71.5 Å². The average Bonchev–Trinajstić information content (AvgIpc) is 3.20. The van der Waals surface area contributed by atoms with Gasteiger partial charge in [0.1, 0.15) is 0 Å². The highest BCUT2D eigenvalue weighted by atomic mass is 31.2. The second-order valence-electron chi connectivity index (χ2n) is 7.55.